The van der Waals surface area contributed by atoms with Crippen molar-refractivity contribution in [2.45, 2.75) is 57.7 Å². The van der Waals surface area contributed by atoms with Crippen LogP contribution in [0.4, 0.5) is 0 Å². The van der Waals surface area contributed by atoms with Crippen molar-refractivity contribution < 1.29 is 4.79 Å². The summed E-state index contributed by atoms with van der Waals surface area (Å²) in [6, 6.07) is 7.68. The van der Waals surface area contributed by atoms with Crippen molar-refractivity contribution in [1.82, 2.24) is 19.7 Å². The highest BCUT2D eigenvalue weighted by molar-refractivity contribution is 5.94. The summed E-state index contributed by atoms with van der Waals surface area (Å²) >= 11 is 0. The normalized spacial score (nSPS) is 20.4. The van der Waals surface area contributed by atoms with E-state index in [9.17, 15) is 4.79 Å². The first kappa shape index (κ1) is 16.3. The first-order chi connectivity index (χ1) is 12.3. The van der Waals surface area contributed by atoms with Gasteiger partial charge in [0.1, 0.15) is 5.82 Å². The van der Waals surface area contributed by atoms with Crippen LogP contribution in [-0.2, 0) is 19.5 Å². The van der Waals surface area contributed by atoms with E-state index in [-0.39, 0.29) is 11.9 Å². The zero-order valence-corrected chi connectivity index (χ0v) is 14.5. The van der Waals surface area contributed by atoms with Gasteiger partial charge >= 0.3 is 0 Å². The smallest absolute Gasteiger partial charge is 0.254 e. The molecule has 2 aliphatic rings. The Kier molecular flexibility index (Phi) is 4.53. The van der Waals surface area contributed by atoms with Gasteiger partial charge in [-0.05, 0) is 49.8 Å². The molecule has 6 nitrogen and oxygen atoms in total. The highest BCUT2D eigenvalue weighted by Gasteiger charge is 2.33. The molecule has 0 bridgehead atoms. The molecule has 6 heteroatoms. The Balaban J connectivity index is 1.62. The summed E-state index contributed by atoms with van der Waals surface area (Å²) in [6.07, 6.45) is 6.48. The van der Waals surface area contributed by atoms with Gasteiger partial charge < -0.3 is 15.2 Å². The van der Waals surface area contributed by atoms with Crippen molar-refractivity contribution in [3.05, 3.63) is 47.0 Å². The molecule has 0 spiro atoms. The number of carbonyl (C=O) groups excluding carboxylic acids is 1. The van der Waals surface area contributed by atoms with Gasteiger partial charge in [0, 0.05) is 31.6 Å². The van der Waals surface area contributed by atoms with Gasteiger partial charge in [-0.15, -0.1) is 10.2 Å². The summed E-state index contributed by atoms with van der Waals surface area (Å²) in [5.41, 5.74) is 7.42. The number of piperidine rings is 1. The van der Waals surface area contributed by atoms with Crippen molar-refractivity contribution >= 4 is 5.91 Å². The fourth-order valence-corrected chi connectivity index (χ4v) is 3.97. The third-order valence-corrected chi connectivity index (χ3v) is 5.39. The van der Waals surface area contributed by atoms with Crippen molar-refractivity contribution in [2.24, 2.45) is 5.73 Å². The number of amides is 1. The quantitative estimate of drug-likeness (QED) is 0.932. The number of carbonyl (C=O) groups is 1. The maximum atomic E-state index is 13.1. The number of rotatable bonds is 3. The molecule has 0 saturated carbocycles. The van der Waals surface area contributed by atoms with Gasteiger partial charge in [0.25, 0.3) is 5.91 Å². The first-order valence-corrected chi connectivity index (χ1v) is 9.30. The number of benzene rings is 1. The monoisotopic (exact) mass is 339 g/mol. The molecule has 2 N–H and O–H groups in total. The number of aromatic nitrogens is 3. The molecular formula is C19H25N5O. The van der Waals surface area contributed by atoms with Crippen LogP contribution < -0.4 is 5.73 Å². The van der Waals surface area contributed by atoms with E-state index in [1.54, 1.807) is 0 Å². The SMILES string of the molecule is NCc1ccc(C(=O)N2CCCCC2c2nnc3n2CCCC3)cc1. The van der Waals surface area contributed by atoms with E-state index in [4.69, 9.17) is 5.73 Å². The van der Waals surface area contributed by atoms with Crippen LogP contribution in [0.15, 0.2) is 24.3 Å². The van der Waals surface area contributed by atoms with Crippen molar-refractivity contribution in [2.75, 3.05) is 6.54 Å². The average Bonchev–Trinajstić information content (AvgIpc) is 3.11. The van der Waals surface area contributed by atoms with Gasteiger partial charge in [-0.2, -0.15) is 0 Å². The van der Waals surface area contributed by atoms with Gasteiger partial charge in [-0.25, -0.2) is 0 Å². The van der Waals surface area contributed by atoms with Crippen LogP contribution >= 0.6 is 0 Å². The maximum Gasteiger partial charge on any atom is 0.254 e. The third-order valence-electron chi connectivity index (χ3n) is 5.39. The molecule has 1 unspecified atom stereocenters. The van der Waals surface area contributed by atoms with E-state index in [0.29, 0.717) is 6.54 Å². The molecule has 1 saturated heterocycles. The van der Waals surface area contributed by atoms with E-state index < -0.39 is 0 Å². The number of hydrogen-bond acceptors (Lipinski definition) is 4. The summed E-state index contributed by atoms with van der Waals surface area (Å²) in [7, 11) is 0. The topological polar surface area (TPSA) is 77.0 Å². The zero-order chi connectivity index (χ0) is 17.2. The second-order valence-electron chi connectivity index (χ2n) is 6.99. The molecule has 2 aromatic rings. The maximum absolute atomic E-state index is 13.1. The van der Waals surface area contributed by atoms with Gasteiger partial charge in [0.05, 0.1) is 6.04 Å². The van der Waals surface area contributed by atoms with Crippen molar-refractivity contribution in [3.63, 3.8) is 0 Å². The Bertz CT molecular complexity index is 752. The number of likely N-dealkylation sites (tertiary alicyclic amines) is 1. The lowest BCUT2D eigenvalue weighted by molar-refractivity contribution is 0.0593. The molecule has 25 heavy (non-hydrogen) atoms. The van der Waals surface area contributed by atoms with Crippen LogP contribution in [-0.4, -0.2) is 32.1 Å². The van der Waals surface area contributed by atoms with E-state index >= 15 is 0 Å². The minimum absolute atomic E-state index is 0.0368. The van der Waals surface area contributed by atoms with Gasteiger partial charge in [-0.1, -0.05) is 12.1 Å². The summed E-state index contributed by atoms with van der Waals surface area (Å²) < 4.78 is 2.25. The zero-order valence-electron chi connectivity index (χ0n) is 14.5. The third kappa shape index (κ3) is 3.06. The highest BCUT2D eigenvalue weighted by Crippen LogP contribution is 2.32. The summed E-state index contributed by atoms with van der Waals surface area (Å²) in [6.45, 7) is 2.25. The number of nitrogens with two attached hydrogens (primary N) is 1. The molecule has 1 aromatic carbocycles. The molecule has 0 aliphatic carbocycles. The molecule has 0 radical (unpaired) electrons. The lowest BCUT2D eigenvalue weighted by Crippen LogP contribution is -2.40. The van der Waals surface area contributed by atoms with Crippen LogP contribution in [0.2, 0.25) is 0 Å². The summed E-state index contributed by atoms with van der Waals surface area (Å²) in [4.78, 5) is 15.1. The largest absolute Gasteiger partial charge is 0.328 e. The summed E-state index contributed by atoms with van der Waals surface area (Å²) in [5.74, 6) is 2.13. The van der Waals surface area contributed by atoms with Crippen LogP contribution in [0.25, 0.3) is 0 Å². The molecule has 2 aliphatic heterocycles. The Hall–Kier alpha value is -2.21. The van der Waals surface area contributed by atoms with E-state index in [2.05, 4.69) is 14.8 Å². The second-order valence-corrected chi connectivity index (χ2v) is 6.99. The van der Waals surface area contributed by atoms with Crippen LogP contribution in [0.3, 0.4) is 0 Å². The lowest BCUT2D eigenvalue weighted by atomic mass is 9.99. The highest BCUT2D eigenvalue weighted by atomic mass is 16.2. The summed E-state index contributed by atoms with van der Waals surface area (Å²) in [5, 5.41) is 8.86. The molecule has 3 heterocycles. The van der Waals surface area contributed by atoms with Crippen molar-refractivity contribution in [1.29, 1.82) is 0 Å². The van der Waals surface area contributed by atoms with Crippen LogP contribution in [0.5, 0.6) is 0 Å². The number of aryl methyl sites for hydroxylation is 1. The van der Waals surface area contributed by atoms with Gasteiger partial charge in [-0.3, -0.25) is 4.79 Å². The molecular weight excluding hydrogens is 314 g/mol. The Morgan fingerprint density at radius 3 is 2.68 bits per heavy atom. The molecule has 1 aromatic heterocycles. The predicted molar refractivity (Wildman–Crippen MR) is 94.9 cm³/mol. The van der Waals surface area contributed by atoms with E-state index in [1.165, 1.54) is 12.8 Å². The average molecular weight is 339 g/mol. The van der Waals surface area contributed by atoms with Crippen LogP contribution in [0, 0.1) is 0 Å². The van der Waals surface area contributed by atoms with Crippen molar-refractivity contribution in [3.8, 4) is 0 Å². The van der Waals surface area contributed by atoms with Gasteiger partial charge in [0.15, 0.2) is 5.82 Å². The second kappa shape index (κ2) is 6.96. The number of nitrogens with zero attached hydrogens (tertiary/aromatic N) is 4. The molecule has 1 amide bonds. The lowest BCUT2D eigenvalue weighted by Gasteiger charge is -2.35. The van der Waals surface area contributed by atoms with E-state index in [0.717, 1.165) is 61.5 Å². The predicted octanol–water partition coefficient (Wildman–Crippen LogP) is 2.44. The Labute approximate surface area is 148 Å². The number of fused-ring (bicyclic) bond motifs is 1. The minimum atomic E-state index is 0.0368. The molecule has 132 valence electrons. The minimum Gasteiger partial charge on any atom is -0.328 e. The fraction of sp³-hybridized carbons (Fsp3) is 0.526. The molecule has 1 fully saturated rings. The standard InChI is InChI=1S/C19H25N5O/c20-13-14-7-9-15(10-8-14)19(25)23-11-3-1-5-16(23)18-22-21-17-6-2-4-12-24(17)18/h7-10,16H,1-6,11-13,20H2. The molecule has 1 atom stereocenters. The Morgan fingerprint density at radius 2 is 1.88 bits per heavy atom. The first-order valence-electron chi connectivity index (χ1n) is 9.30. The Morgan fingerprint density at radius 1 is 1.08 bits per heavy atom. The van der Waals surface area contributed by atoms with E-state index in [1.807, 2.05) is 29.2 Å². The van der Waals surface area contributed by atoms with Gasteiger partial charge in [0.2, 0.25) is 0 Å². The molecule has 4 rings (SSSR count). The fourth-order valence-electron chi connectivity index (χ4n) is 3.97. The van der Waals surface area contributed by atoms with Crippen LogP contribution in [0.1, 0.15) is 65.7 Å². The number of hydrogen-bond donors (Lipinski definition) is 1.